The molecule has 0 aliphatic carbocycles. The summed E-state index contributed by atoms with van der Waals surface area (Å²) < 4.78 is 30.8. The smallest absolute Gasteiger partial charge is 0.340 e. The predicted molar refractivity (Wildman–Crippen MR) is 130 cm³/mol. The van der Waals surface area contributed by atoms with Crippen LogP contribution in [0.1, 0.15) is 68.2 Å². The third-order valence-corrected chi connectivity index (χ3v) is 7.29. The average Bonchev–Trinajstić information content (AvgIpc) is 2.75. The Kier molecular flexibility index (Phi) is 9.61. The molecule has 0 spiro atoms. The number of aliphatic hydroxyl groups is 1. The van der Waals surface area contributed by atoms with E-state index >= 15 is 0 Å². The number of carbonyl (C=O) groups is 1. The average molecular weight is 486 g/mol. The molecule has 1 saturated heterocycles. The summed E-state index contributed by atoms with van der Waals surface area (Å²) in [4.78, 5) is 14.8. The van der Waals surface area contributed by atoms with Crippen LogP contribution in [-0.4, -0.2) is 79.7 Å². The van der Waals surface area contributed by atoms with Crippen LogP contribution in [0.3, 0.4) is 0 Å². The summed E-state index contributed by atoms with van der Waals surface area (Å²) in [5.74, 6) is -1.18. The van der Waals surface area contributed by atoms with Crippen molar-refractivity contribution in [3.05, 3.63) is 11.3 Å². The molecule has 0 radical (unpaired) electrons. The molecule has 0 saturated carbocycles. The first kappa shape index (κ1) is 29.0. The zero-order chi connectivity index (χ0) is 26.0. The number of hydrogen-bond acceptors (Lipinski definition) is 8. The molecule has 2 aliphatic rings. The van der Waals surface area contributed by atoms with Gasteiger partial charge in [-0.2, -0.15) is 0 Å². The maximum absolute atomic E-state index is 12.6. The molecule has 2 aliphatic heterocycles. The second kappa shape index (κ2) is 11.2. The molecular formula is C26H47NO7. The lowest BCUT2D eigenvalue weighted by molar-refractivity contribution is -0.285. The fourth-order valence-corrected chi connectivity index (χ4v) is 5.32. The van der Waals surface area contributed by atoms with E-state index in [0.717, 1.165) is 6.42 Å². The molecule has 0 aromatic carbocycles. The zero-order valence-electron chi connectivity index (χ0n) is 23.0. The zero-order valence-corrected chi connectivity index (χ0v) is 23.0. The summed E-state index contributed by atoms with van der Waals surface area (Å²) in [7, 11) is 5.82. The lowest BCUT2D eigenvalue weighted by Gasteiger charge is -2.48. The van der Waals surface area contributed by atoms with E-state index < -0.39 is 29.8 Å². The van der Waals surface area contributed by atoms with E-state index in [1.54, 1.807) is 27.9 Å². The van der Waals surface area contributed by atoms with Crippen molar-refractivity contribution in [3.8, 4) is 0 Å². The fraction of sp³-hybridized carbons (Fsp3) is 0.885. The minimum atomic E-state index is -1.08. The van der Waals surface area contributed by atoms with E-state index in [9.17, 15) is 9.90 Å². The van der Waals surface area contributed by atoms with Crippen LogP contribution in [0.25, 0.3) is 0 Å². The van der Waals surface area contributed by atoms with Gasteiger partial charge < -0.3 is 33.7 Å². The minimum absolute atomic E-state index is 0.00912. The molecule has 0 bridgehead atoms. The Balaban J connectivity index is 2.50. The SMILES string of the molecule is CO[C@](C)(C[C@@H](C)CO)[C@H](O[C@@H]1O[C@H](C)CC(N(C)C)[C@H]1C)[C@@H](C)C1=C(C)C(=O)OC(C)(C)O1. The topological polar surface area (TPSA) is 86.7 Å². The van der Waals surface area contributed by atoms with E-state index in [2.05, 4.69) is 32.8 Å². The lowest BCUT2D eigenvalue weighted by atomic mass is 9.80. The second-order valence-corrected chi connectivity index (χ2v) is 11.2. The van der Waals surface area contributed by atoms with Gasteiger partial charge in [0.05, 0.1) is 23.4 Å². The first-order valence-corrected chi connectivity index (χ1v) is 12.4. The number of rotatable bonds is 10. The number of carbonyl (C=O) groups excluding carboxylic acids is 1. The largest absolute Gasteiger partial charge is 0.456 e. The van der Waals surface area contributed by atoms with Crippen molar-refractivity contribution in [2.45, 2.75) is 104 Å². The summed E-state index contributed by atoms with van der Waals surface area (Å²) in [6.07, 6.45) is 0.537. The number of cyclic esters (lactones) is 1. The highest BCUT2D eigenvalue weighted by molar-refractivity contribution is 5.89. The van der Waals surface area contributed by atoms with Crippen molar-refractivity contribution >= 4 is 5.97 Å². The molecule has 1 fully saturated rings. The number of hydrogen-bond donors (Lipinski definition) is 1. The van der Waals surface area contributed by atoms with Gasteiger partial charge in [-0.15, -0.1) is 0 Å². The Bertz CT molecular complexity index is 737. The first-order chi connectivity index (χ1) is 15.7. The third kappa shape index (κ3) is 6.52. The maximum atomic E-state index is 12.6. The van der Waals surface area contributed by atoms with E-state index in [4.69, 9.17) is 23.7 Å². The van der Waals surface area contributed by atoms with Gasteiger partial charge in [0.15, 0.2) is 6.29 Å². The molecule has 8 heteroatoms. The molecule has 2 rings (SSSR count). The molecule has 8 nitrogen and oxygen atoms in total. The molecule has 1 N–H and O–H groups in total. The van der Waals surface area contributed by atoms with Crippen molar-refractivity contribution < 1.29 is 33.6 Å². The van der Waals surface area contributed by atoms with Crippen LogP contribution in [0.15, 0.2) is 11.3 Å². The third-order valence-electron chi connectivity index (χ3n) is 7.29. The molecule has 198 valence electrons. The van der Waals surface area contributed by atoms with Gasteiger partial charge in [0.1, 0.15) is 5.76 Å². The van der Waals surface area contributed by atoms with Gasteiger partial charge in [-0.05, 0) is 53.6 Å². The Morgan fingerprint density at radius 3 is 2.38 bits per heavy atom. The molecule has 34 heavy (non-hydrogen) atoms. The summed E-state index contributed by atoms with van der Waals surface area (Å²) >= 11 is 0. The quantitative estimate of drug-likeness (QED) is 0.469. The van der Waals surface area contributed by atoms with E-state index in [-0.39, 0.29) is 30.5 Å². The summed E-state index contributed by atoms with van der Waals surface area (Å²) in [5.41, 5.74) is -0.354. The summed E-state index contributed by atoms with van der Waals surface area (Å²) in [6.45, 7) is 15.4. The van der Waals surface area contributed by atoms with E-state index in [1.165, 1.54) is 0 Å². The van der Waals surface area contributed by atoms with Crippen LogP contribution in [-0.2, 0) is 28.5 Å². The molecule has 1 unspecified atom stereocenters. The molecule has 8 atom stereocenters. The Labute approximate surface area is 205 Å². The van der Waals surface area contributed by atoms with Crippen molar-refractivity contribution in [3.63, 3.8) is 0 Å². The maximum Gasteiger partial charge on any atom is 0.340 e. The van der Waals surface area contributed by atoms with Crippen LogP contribution >= 0.6 is 0 Å². The van der Waals surface area contributed by atoms with Crippen molar-refractivity contribution in [2.75, 3.05) is 27.8 Å². The van der Waals surface area contributed by atoms with Crippen LogP contribution < -0.4 is 0 Å². The van der Waals surface area contributed by atoms with Gasteiger partial charge in [-0.25, -0.2) is 4.79 Å². The fourth-order valence-electron chi connectivity index (χ4n) is 5.32. The number of esters is 1. The Hall–Kier alpha value is -1.19. The highest BCUT2D eigenvalue weighted by Gasteiger charge is 2.48. The predicted octanol–water partition coefficient (Wildman–Crippen LogP) is 3.72. The highest BCUT2D eigenvalue weighted by atomic mass is 16.7. The molecule has 0 amide bonds. The van der Waals surface area contributed by atoms with Crippen molar-refractivity contribution in [2.24, 2.45) is 17.8 Å². The Morgan fingerprint density at radius 1 is 1.24 bits per heavy atom. The van der Waals surface area contributed by atoms with Crippen LogP contribution in [0, 0.1) is 17.8 Å². The molecule has 0 aromatic rings. The number of methoxy groups -OCH3 is 1. The van der Waals surface area contributed by atoms with E-state index in [1.807, 2.05) is 20.8 Å². The van der Waals surface area contributed by atoms with Gasteiger partial charge in [0.25, 0.3) is 0 Å². The van der Waals surface area contributed by atoms with Crippen molar-refractivity contribution in [1.29, 1.82) is 0 Å². The van der Waals surface area contributed by atoms with E-state index in [0.29, 0.717) is 23.8 Å². The van der Waals surface area contributed by atoms with Gasteiger partial charge >= 0.3 is 5.97 Å². The Morgan fingerprint density at radius 2 is 1.85 bits per heavy atom. The standard InChI is InChI=1S/C26H47NO7/c1-15(14-28)13-26(8,30-11)22(18(4)21-19(5)23(29)34-25(6,7)33-21)32-24-17(3)20(27(9)10)12-16(2)31-24/h15-18,20,22,24,28H,12-14H2,1-11H3/t15-,16-,17-,18+,20?,22-,24+,26-/m1/s1. The summed E-state index contributed by atoms with van der Waals surface area (Å²) in [6, 6.07) is 0.302. The second-order valence-electron chi connectivity index (χ2n) is 11.2. The number of ether oxygens (including phenoxy) is 5. The normalized spacial score (nSPS) is 32.0. The number of aliphatic hydroxyl groups excluding tert-OH is 1. The number of nitrogens with zero attached hydrogens (tertiary/aromatic N) is 1. The monoisotopic (exact) mass is 485 g/mol. The molecule has 2 heterocycles. The molecular weight excluding hydrogens is 438 g/mol. The van der Waals surface area contributed by atoms with Crippen LogP contribution in [0.4, 0.5) is 0 Å². The van der Waals surface area contributed by atoms with Gasteiger partial charge in [0, 0.05) is 45.4 Å². The van der Waals surface area contributed by atoms with Crippen LogP contribution in [0.2, 0.25) is 0 Å². The van der Waals surface area contributed by atoms with Gasteiger partial charge in [0.2, 0.25) is 5.79 Å². The summed E-state index contributed by atoms with van der Waals surface area (Å²) in [5, 5.41) is 9.78. The lowest BCUT2D eigenvalue weighted by Crippen LogP contribution is -2.56. The highest BCUT2D eigenvalue weighted by Crippen LogP contribution is 2.41. The van der Waals surface area contributed by atoms with Gasteiger partial charge in [-0.1, -0.05) is 20.8 Å². The van der Waals surface area contributed by atoms with Crippen molar-refractivity contribution in [1.82, 2.24) is 4.90 Å². The van der Waals surface area contributed by atoms with Gasteiger partial charge in [-0.3, -0.25) is 0 Å². The van der Waals surface area contributed by atoms with Crippen LogP contribution in [0.5, 0.6) is 0 Å². The molecule has 0 aromatic heterocycles. The minimum Gasteiger partial charge on any atom is -0.456 e. The first-order valence-electron chi connectivity index (χ1n) is 12.4.